The van der Waals surface area contributed by atoms with Crippen molar-refractivity contribution in [2.75, 3.05) is 0 Å². The summed E-state index contributed by atoms with van der Waals surface area (Å²) in [5.74, 6) is -0.748. The summed E-state index contributed by atoms with van der Waals surface area (Å²) < 4.78 is 31.4. The van der Waals surface area contributed by atoms with Crippen LogP contribution >= 0.6 is 0 Å². The zero-order chi connectivity index (χ0) is 18.1. The van der Waals surface area contributed by atoms with Gasteiger partial charge in [-0.15, -0.1) is 0 Å². The van der Waals surface area contributed by atoms with Crippen molar-refractivity contribution in [3.05, 3.63) is 53.3 Å². The highest BCUT2D eigenvalue weighted by Crippen LogP contribution is 2.21. The highest BCUT2D eigenvalue weighted by Gasteiger charge is 2.27. The molecule has 2 rings (SSSR count). The number of esters is 1. The van der Waals surface area contributed by atoms with E-state index in [2.05, 4.69) is 0 Å². The molecule has 1 heterocycles. The maximum absolute atomic E-state index is 12.7. The van der Waals surface area contributed by atoms with Gasteiger partial charge in [-0.25, -0.2) is 17.2 Å². The monoisotopic (exact) mass is 349 g/mol. The van der Waals surface area contributed by atoms with Crippen molar-refractivity contribution in [1.29, 1.82) is 0 Å². The third kappa shape index (κ3) is 3.56. The molecule has 128 valence electrons. The minimum absolute atomic E-state index is 0.0301. The summed E-state index contributed by atoms with van der Waals surface area (Å²) in [6, 6.07) is 7.49. The third-order valence-electron chi connectivity index (χ3n) is 3.20. The number of aromatic nitrogens is 1. The summed E-state index contributed by atoms with van der Waals surface area (Å²) in [5, 5.41) is 0. The normalized spacial score (nSPS) is 12.0. The van der Waals surface area contributed by atoms with Crippen LogP contribution in [0, 0.1) is 6.92 Å². The molecule has 0 aliphatic heterocycles. The molecule has 0 saturated heterocycles. The molecule has 2 aromatic rings. The number of benzene rings is 1. The van der Waals surface area contributed by atoms with E-state index in [1.165, 1.54) is 24.4 Å². The molecular formula is C17H19NO5S. The Bertz CT molecular complexity index is 871. The second-order valence-electron chi connectivity index (χ2n) is 6.35. The summed E-state index contributed by atoms with van der Waals surface area (Å²) in [7, 11) is -3.98. The Balaban J connectivity index is 2.51. The van der Waals surface area contributed by atoms with Crippen LogP contribution in [0.15, 0.2) is 41.4 Å². The molecule has 0 fully saturated rings. The molecule has 0 aliphatic carbocycles. The van der Waals surface area contributed by atoms with Crippen LogP contribution in [-0.4, -0.2) is 30.2 Å². The van der Waals surface area contributed by atoms with Crippen molar-refractivity contribution < 1.29 is 22.7 Å². The Morgan fingerprint density at radius 2 is 1.71 bits per heavy atom. The summed E-state index contributed by atoms with van der Waals surface area (Å²) in [6.07, 6.45) is 1.52. The number of hydrogen-bond donors (Lipinski definition) is 0. The molecular weight excluding hydrogens is 330 g/mol. The molecule has 0 saturated carbocycles. The van der Waals surface area contributed by atoms with E-state index < -0.39 is 21.6 Å². The molecule has 0 unspecified atom stereocenters. The minimum atomic E-state index is -3.98. The zero-order valence-electron chi connectivity index (χ0n) is 13.9. The average molecular weight is 349 g/mol. The topological polar surface area (TPSA) is 82.4 Å². The first-order chi connectivity index (χ1) is 11.1. The maximum Gasteiger partial charge on any atom is 0.340 e. The van der Waals surface area contributed by atoms with E-state index in [1.54, 1.807) is 32.9 Å². The second kappa shape index (κ2) is 6.24. The van der Waals surface area contributed by atoms with Crippen LogP contribution in [0.2, 0.25) is 0 Å². The first kappa shape index (κ1) is 17.9. The highest BCUT2D eigenvalue weighted by molar-refractivity contribution is 7.90. The van der Waals surface area contributed by atoms with Crippen LogP contribution in [0.1, 0.15) is 47.2 Å². The third-order valence-corrected chi connectivity index (χ3v) is 4.90. The molecule has 0 radical (unpaired) electrons. The van der Waals surface area contributed by atoms with Gasteiger partial charge in [0.05, 0.1) is 10.5 Å². The molecule has 6 nitrogen and oxygen atoms in total. The molecule has 0 spiro atoms. The number of hydrogen-bond acceptors (Lipinski definition) is 5. The largest absolute Gasteiger partial charge is 0.456 e. The standard InChI is InChI=1S/C17H19NO5S/c1-12-5-7-13(8-6-12)24(21,22)18-10-9-14(15(18)11-19)16(20)23-17(2,3)4/h5-11H,1-4H3. The van der Waals surface area contributed by atoms with Crippen molar-refractivity contribution in [3.8, 4) is 0 Å². The molecule has 0 amide bonds. The Kier molecular flexibility index (Phi) is 4.66. The van der Waals surface area contributed by atoms with E-state index in [1.807, 2.05) is 6.92 Å². The number of ether oxygens (including phenoxy) is 1. The van der Waals surface area contributed by atoms with Crippen LogP contribution in [0.4, 0.5) is 0 Å². The predicted molar refractivity (Wildman–Crippen MR) is 88.8 cm³/mol. The van der Waals surface area contributed by atoms with E-state index >= 15 is 0 Å². The van der Waals surface area contributed by atoms with Crippen LogP contribution in [0.5, 0.6) is 0 Å². The molecule has 0 atom stereocenters. The number of rotatable bonds is 4. The summed E-state index contributed by atoms with van der Waals surface area (Å²) >= 11 is 0. The summed E-state index contributed by atoms with van der Waals surface area (Å²) in [4.78, 5) is 23.6. The van der Waals surface area contributed by atoms with E-state index in [-0.39, 0.29) is 16.2 Å². The lowest BCUT2D eigenvalue weighted by Gasteiger charge is -2.19. The lowest BCUT2D eigenvalue weighted by atomic mass is 10.2. The number of carbonyl (C=O) groups excluding carboxylic acids is 2. The van der Waals surface area contributed by atoms with Crippen LogP contribution in [0.25, 0.3) is 0 Å². The van der Waals surface area contributed by atoms with Crippen molar-refractivity contribution in [2.24, 2.45) is 0 Å². The van der Waals surface area contributed by atoms with E-state index in [4.69, 9.17) is 4.74 Å². The fraction of sp³-hybridized carbons (Fsp3) is 0.294. The van der Waals surface area contributed by atoms with Crippen molar-refractivity contribution in [2.45, 2.75) is 38.2 Å². The highest BCUT2D eigenvalue weighted by atomic mass is 32.2. The number of aldehydes is 1. The lowest BCUT2D eigenvalue weighted by molar-refractivity contribution is 0.00684. The summed E-state index contributed by atoms with van der Waals surface area (Å²) in [6.45, 7) is 6.89. The molecule has 0 bridgehead atoms. The lowest BCUT2D eigenvalue weighted by Crippen LogP contribution is -2.25. The Morgan fingerprint density at radius 3 is 2.21 bits per heavy atom. The molecule has 1 aromatic carbocycles. The van der Waals surface area contributed by atoms with Gasteiger partial charge in [-0.1, -0.05) is 17.7 Å². The van der Waals surface area contributed by atoms with Gasteiger partial charge in [0.1, 0.15) is 11.3 Å². The predicted octanol–water partition coefficient (Wildman–Crippen LogP) is 2.80. The van der Waals surface area contributed by atoms with Gasteiger partial charge in [-0.3, -0.25) is 4.79 Å². The fourth-order valence-electron chi connectivity index (χ4n) is 2.08. The van der Waals surface area contributed by atoms with Gasteiger partial charge < -0.3 is 4.74 Å². The first-order valence-corrected chi connectivity index (χ1v) is 8.72. The molecule has 1 aromatic heterocycles. The smallest absolute Gasteiger partial charge is 0.340 e. The van der Waals surface area contributed by atoms with Crippen LogP contribution in [0.3, 0.4) is 0 Å². The van der Waals surface area contributed by atoms with Gasteiger partial charge in [0.25, 0.3) is 10.0 Å². The van der Waals surface area contributed by atoms with E-state index in [9.17, 15) is 18.0 Å². The van der Waals surface area contributed by atoms with Gasteiger partial charge in [-0.2, -0.15) is 0 Å². The molecule has 0 aliphatic rings. The molecule has 0 N–H and O–H groups in total. The van der Waals surface area contributed by atoms with Crippen molar-refractivity contribution in [3.63, 3.8) is 0 Å². The number of nitrogens with zero attached hydrogens (tertiary/aromatic N) is 1. The van der Waals surface area contributed by atoms with Gasteiger partial charge in [-0.05, 0) is 45.9 Å². The Morgan fingerprint density at radius 1 is 1.12 bits per heavy atom. The van der Waals surface area contributed by atoms with Gasteiger partial charge >= 0.3 is 5.97 Å². The van der Waals surface area contributed by atoms with E-state index in [0.29, 0.717) is 6.29 Å². The van der Waals surface area contributed by atoms with Crippen molar-refractivity contribution in [1.82, 2.24) is 3.97 Å². The fourth-order valence-corrected chi connectivity index (χ4v) is 3.41. The zero-order valence-corrected chi connectivity index (χ0v) is 14.8. The van der Waals surface area contributed by atoms with Crippen molar-refractivity contribution >= 4 is 22.3 Å². The van der Waals surface area contributed by atoms with Crippen LogP contribution < -0.4 is 0 Å². The molecule has 7 heteroatoms. The maximum atomic E-state index is 12.7. The van der Waals surface area contributed by atoms with Gasteiger partial charge in [0, 0.05) is 6.20 Å². The average Bonchev–Trinajstić information content (AvgIpc) is 2.90. The SMILES string of the molecule is Cc1ccc(S(=O)(=O)n2ccc(C(=O)OC(C)(C)C)c2C=O)cc1. The number of aryl methyl sites for hydroxylation is 1. The minimum Gasteiger partial charge on any atom is -0.456 e. The molecule has 24 heavy (non-hydrogen) atoms. The second-order valence-corrected chi connectivity index (χ2v) is 8.16. The first-order valence-electron chi connectivity index (χ1n) is 7.28. The van der Waals surface area contributed by atoms with Gasteiger partial charge in [0.2, 0.25) is 0 Å². The summed E-state index contributed by atoms with van der Waals surface area (Å²) in [5.41, 5.74) is -0.193. The van der Waals surface area contributed by atoms with E-state index in [0.717, 1.165) is 9.54 Å². The van der Waals surface area contributed by atoms with Crippen LogP contribution in [-0.2, 0) is 14.8 Å². The Hall–Kier alpha value is -2.41. The van der Waals surface area contributed by atoms with Gasteiger partial charge in [0.15, 0.2) is 6.29 Å². The quantitative estimate of drug-likeness (QED) is 0.626. The number of carbonyl (C=O) groups is 2. The Labute approximate surface area is 141 Å².